The number of benzene rings is 2. The Bertz CT molecular complexity index is 851. The van der Waals surface area contributed by atoms with E-state index in [-0.39, 0.29) is 24.4 Å². The van der Waals surface area contributed by atoms with E-state index < -0.39 is 0 Å². The molecule has 1 saturated heterocycles. The molecule has 2 aliphatic heterocycles. The van der Waals surface area contributed by atoms with Crippen molar-refractivity contribution in [3.8, 4) is 17.2 Å². The van der Waals surface area contributed by atoms with E-state index in [2.05, 4.69) is 0 Å². The third-order valence-electron chi connectivity index (χ3n) is 5.13. The third-order valence-corrected chi connectivity index (χ3v) is 5.13. The van der Waals surface area contributed by atoms with Gasteiger partial charge in [0.1, 0.15) is 5.75 Å². The smallest absolute Gasteiger partial charge is 0.231 e. The number of likely N-dealkylation sites (tertiary alicyclic amines) is 1. The lowest BCUT2D eigenvalue weighted by atomic mass is 9.89. The normalized spacial score (nSPS) is 18.0. The van der Waals surface area contributed by atoms with Crippen molar-refractivity contribution < 1.29 is 23.8 Å². The number of ether oxygens (including phenoxy) is 3. The van der Waals surface area contributed by atoms with Crippen molar-refractivity contribution in [3.63, 3.8) is 0 Å². The number of amides is 1. The average molecular weight is 381 g/mol. The summed E-state index contributed by atoms with van der Waals surface area (Å²) in [5.41, 5.74) is 0.607. The van der Waals surface area contributed by atoms with Crippen molar-refractivity contribution >= 4 is 11.7 Å². The van der Waals surface area contributed by atoms with E-state index in [4.69, 9.17) is 14.2 Å². The Hall–Kier alpha value is -3.02. The monoisotopic (exact) mass is 381 g/mol. The molecule has 2 aliphatic rings. The highest BCUT2D eigenvalue weighted by Gasteiger charge is 2.29. The van der Waals surface area contributed by atoms with Gasteiger partial charge in [-0.3, -0.25) is 9.59 Å². The van der Waals surface area contributed by atoms with E-state index in [9.17, 15) is 9.59 Å². The molecule has 1 atom stereocenters. The second-order valence-electron chi connectivity index (χ2n) is 7.02. The first-order valence-corrected chi connectivity index (χ1v) is 9.60. The van der Waals surface area contributed by atoms with Gasteiger partial charge < -0.3 is 19.1 Å². The molecule has 6 nitrogen and oxygen atoms in total. The first-order chi connectivity index (χ1) is 13.7. The summed E-state index contributed by atoms with van der Waals surface area (Å²) < 4.78 is 16.3. The van der Waals surface area contributed by atoms with Gasteiger partial charge in [-0.2, -0.15) is 0 Å². The van der Waals surface area contributed by atoms with E-state index >= 15 is 0 Å². The van der Waals surface area contributed by atoms with Crippen molar-refractivity contribution in [2.24, 2.45) is 5.92 Å². The Morgan fingerprint density at radius 2 is 1.89 bits per heavy atom. The van der Waals surface area contributed by atoms with Gasteiger partial charge in [0.05, 0.1) is 13.0 Å². The van der Waals surface area contributed by atoms with Crippen molar-refractivity contribution in [2.75, 3.05) is 26.5 Å². The Morgan fingerprint density at radius 1 is 1.07 bits per heavy atom. The topological polar surface area (TPSA) is 65.1 Å². The van der Waals surface area contributed by atoms with Gasteiger partial charge in [-0.05, 0) is 43.2 Å². The van der Waals surface area contributed by atoms with Gasteiger partial charge in [0.2, 0.25) is 12.7 Å². The zero-order valence-electron chi connectivity index (χ0n) is 15.6. The molecule has 0 aliphatic carbocycles. The summed E-state index contributed by atoms with van der Waals surface area (Å²) in [6.45, 7) is 1.66. The fourth-order valence-electron chi connectivity index (χ4n) is 3.63. The maximum atomic E-state index is 12.9. The molecule has 2 aromatic carbocycles. The summed E-state index contributed by atoms with van der Waals surface area (Å²) in [6.07, 6.45) is 1.92. The fraction of sp³-hybridized carbons (Fsp3) is 0.364. The minimum absolute atomic E-state index is 0.0270. The number of carbonyl (C=O) groups excluding carboxylic acids is 2. The molecule has 0 aromatic heterocycles. The number of carbonyl (C=O) groups is 2. The number of hydrogen-bond acceptors (Lipinski definition) is 5. The molecule has 146 valence electrons. The minimum Gasteiger partial charge on any atom is -0.493 e. The van der Waals surface area contributed by atoms with E-state index in [1.807, 2.05) is 30.3 Å². The number of hydrogen-bond donors (Lipinski definition) is 0. The van der Waals surface area contributed by atoms with Crippen LogP contribution in [0.15, 0.2) is 48.5 Å². The van der Waals surface area contributed by atoms with E-state index in [0.717, 1.165) is 18.6 Å². The number of rotatable bonds is 6. The molecular weight excluding hydrogens is 358 g/mol. The molecule has 0 spiro atoms. The van der Waals surface area contributed by atoms with Crippen LogP contribution in [0.25, 0.3) is 0 Å². The second kappa shape index (κ2) is 8.33. The lowest BCUT2D eigenvalue weighted by Crippen LogP contribution is -2.42. The zero-order valence-corrected chi connectivity index (χ0v) is 15.6. The Labute approximate surface area is 164 Å². The van der Waals surface area contributed by atoms with Gasteiger partial charge >= 0.3 is 0 Å². The number of ketones is 1. The second-order valence-corrected chi connectivity index (χ2v) is 7.02. The number of fused-ring (bicyclic) bond motifs is 1. The van der Waals surface area contributed by atoms with Gasteiger partial charge in [-0.25, -0.2) is 0 Å². The standard InChI is InChI=1S/C22H23NO5/c24-21(10-12-26-18-6-2-1-3-7-18)23-11-4-5-17(14-23)22(25)16-8-9-19-20(13-16)28-15-27-19/h1-3,6-9,13,17H,4-5,10-12,14-15H2/t17-/m0/s1. The minimum atomic E-state index is -0.187. The van der Waals surface area contributed by atoms with Crippen LogP contribution in [0.5, 0.6) is 17.2 Å². The molecule has 4 rings (SSSR count). The van der Waals surface area contributed by atoms with E-state index in [0.29, 0.717) is 43.2 Å². The van der Waals surface area contributed by atoms with Crippen LogP contribution in [-0.4, -0.2) is 43.1 Å². The first kappa shape index (κ1) is 18.3. The highest BCUT2D eigenvalue weighted by Crippen LogP contribution is 2.33. The molecule has 0 N–H and O–H groups in total. The summed E-state index contributed by atoms with van der Waals surface area (Å²) in [5, 5.41) is 0. The molecule has 2 heterocycles. The van der Waals surface area contributed by atoms with Gasteiger partial charge in [0.15, 0.2) is 17.3 Å². The van der Waals surface area contributed by atoms with Crippen molar-refractivity contribution in [1.29, 1.82) is 0 Å². The predicted molar refractivity (Wildman–Crippen MR) is 103 cm³/mol. The summed E-state index contributed by atoms with van der Waals surface area (Å²) in [5.74, 6) is 1.91. The van der Waals surface area contributed by atoms with Crippen LogP contribution in [0, 0.1) is 5.92 Å². The van der Waals surface area contributed by atoms with Gasteiger partial charge in [0.25, 0.3) is 0 Å². The molecule has 0 unspecified atom stereocenters. The molecule has 1 fully saturated rings. The SMILES string of the molecule is O=C(c1ccc2c(c1)OCO2)[C@H]1CCCN(C(=O)CCOc2ccccc2)C1. The predicted octanol–water partition coefficient (Wildman–Crippen LogP) is 3.31. The maximum Gasteiger partial charge on any atom is 0.231 e. The number of para-hydroxylation sites is 1. The Balaban J connectivity index is 1.32. The van der Waals surface area contributed by atoms with Crippen LogP contribution in [-0.2, 0) is 4.79 Å². The van der Waals surface area contributed by atoms with E-state index in [1.54, 1.807) is 23.1 Å². The molecule has 0 saturated carbocycles. The van der Waals surface area contributed by atoms with Crippen LogP contribution >= 0.6 is 0 Å². The van der Waals surface area contributed by atoms with Crippen molar-refractivity contribution in [1.82, 2.24) is 4.90 Å². The van der Waals surface area contributed by atoms with E-state index in [1.165, 1.54) is 0 Å². The maximum absolute atomic E-state index is 12.9. The lowest BCUT2D eigenvalue weighted by Gasteiger charge is -2.32. The summed E-state index contributed by atoms with van der Waals surface area (Å²) >= 11 is 0. The number of Topliss-reactive ketones (excluding diaryl/α,β-unsaturated/α-hetero) is 1. The molecule has 1 amide bonds. The van der Waals surface area contributed by atoms with Gasteiger partial charge in [-0.1, -0.05) is 18.2 Å². The summed E-state index contributed by atoms with van der Waals surface area (Å²) in [6, 6.07) is 14.7. The van der Waals surface area contributed by atoms with Crippen molar-refractivity contribution in [2.45, 2.75) is 19.3 Å². The van der Waals surface area contributed by atoms with Gasteiger partial charge in [0, 0.05) is 24.6 Å². The van der Waals surface area contributed by atoms with Gasteiger partial charge in [-0.15, -0.1) is 0 Å². The quantitative estimate of drug-likeness (QED) is 0.719. The van der Waals surface area contributed by atoms with Crippen LogP contribution in [0.1, 0.15) is 29.6 Å². The summed E-state index contributed by atoms with van der Waals surface area (Å²) in [7, 11) is 0. The fourth-order valence-corrected chi connectivity index (χ4v) is 3.63. The van der Waals surface area contributed by atoms with Crippen LogP contribution < -0.4 is 14.2 Å². The molecule has 0 radical (unpaired) electrons. The lowest BCUT2D eigenvalue weighted by molar-refractivity contribution is -0.133. The van der Waals surface area contributed by atoms with Crippen LogP contribution in [0.2, 0.25) is 0 Å². The Kier molecular flexibility index (Phi) is 5.46. The first-order valence-electron chi connectivity index (χ1n) is 9.60. The number of nitrogens with zero attached hydrogens (tertiary/aromatic N) is 1. The van der Waals surface area contributed by atoms with Crippen LogP contribution in [0.4, 0.5) is 0 Å². The highest BCUT2D eigenvalue weighted by atomic mass is 16.7. The van der Waals surface area contributed by atoms with Crippen molar-refractivity contribution in [3.05, 3.63) is 54.1 Å². The highest BCUT2D eigenvalue weighted by molar-refractivity contribution is 5.99. The number of piperidine rings is 1. The largest absolute Gasteiger partial charge is 0.493 e. The molecular formula is C22H23NO5. The Morgan fingerprint density at radius 3 is 2.75 bits per heavy atom. The summed E-state index contributed by atoms with van der Waals surface area (Å²) in [4.78, 5) is 27.2. The zero-order chi connectivity index (χ0) is 19.3. The molecule has 0 bridgehead atoms. The molecule has 6 heteroatoms. The molecule has 28 heavy (non-hydrogen) atoms. The molecule has 2 aromatic rings. The third kappa shape index (κ3) is 4.11. The van der Waals surface area contributed by atoms with Crippen LogP contribution in [0.3, 0.4) is 0 Å². The average Bonchev–Trinajstić information content (AvgIpc) is 3.22.